The summed E-state index contributed by atoms with van der Waals surface area (Å²) < 4.78 is 7.86. The molecule has 0 saturated carbocycles. The Balaban J connectivity index is 1.40. The van der Waals surface area contributed by atoms with Crippen molar-refractivity contribution in [1.82, 2.24) is 19.7 Å². The SMILES string of the molecule is CCN(Cc1ccc(OCc2ccccc2)cc1)Cc1c(C)nn(-c2ccccn2)c1C. The molecule has 0 spiro atoms. The molecular weight excluding hydrogens is 396 g/mol. The van der Waals surface area contributed by atoms with E-state index < -0.39 is 0 Å². The second-order valence-electron chi connectivity index (χ2n) is 7.97. The predicted octanol–water partition coefficient (Wildman–Crippen LogP) is 5.49. The molecule has 5 heteroatoms. The fraction of sp³-hybridized carbons (Fsp3) is 0.259. The van der Waals surface area contributed by atoms with Crippen molar-refractivity contribution in [2.75, 3.05) is 6.54 Å². The van der Waals surface area contributed by atoms with Gasteiger partial charge in [-0.25, -0.2) is 9.67 Å². The Bertz CT molecular complexity index is 1120. The molecule has 0 bridgehead atoms. The number of rotatable bonds is 9. The van der Waals surface area contributed by atoms with Crippen LogP contribution < -0.4 is 4.74 Å². The van der Waals surface area contributed by atoms with Gasteiger partial charge >= 0.3 is 0 Å². The Morgan fingerprint density at radius 1 is 0.844 bits per heavy atom. The van der Waals surface area contributed by atoms with E-state index >= 15 is 0 Å². The molecule has 2 heterocycles. The summed E-state index contributed by atoms with van der Waals surface area (Å²) in [6.07, 6.45) is 1.80. The van der Waals surface area contributed by atoms with Crippen molar-refractivity contribution in [3.8, 4) is 11.6 Å². The van der Waals surface area contributed by atoms with Crippen LogP contribution in [-0.4, -0.2) is 26.2 Å². The molecule has 0 amide bonds. The van der Waals surface area contributed by atoms with Gasteiger partial charge in [-0.3, -0.25) is 4.90 Å². The van der Waals surface area contributed by atoms with Gasteiger partial charge in [0.25, 0.3) is 0 Å². The van der Waals surface area contributed by atoms with Crippen LogP contribution in [0.1, 0.15) is 35.0 Å². The van der Waals surface area contributed by atoms with Crippen molar-refractivity contribution >= 4 is 0 Å². The van der Waals surface area contributed by atoms with Gasteiger partial charge in [-0.15, -0.1) is 0 Å². The van der Waals surface area contributed by atoms with Crippen LogP contribution in [0.15, 0.2) is 79.0 Å². The van der Waals surface area contributed by atoms with Crippen LogP contribution in [0, 0.1) is 13.8 Å². The summed E-state index contributed by atoms with van der Waals surface area (Å²) in [6.45, 7) is 9.67. The summed E-state index contributed by atoms with van der Waals surface area (Å²) in [7, 11) is 0. The van der Waals surface area contributed by atoms with Gasteiger partial charge < -0.3 is 4.74 Å². The van der Waals surface area contributed by atoms with Crippen LogP contribution >= 0.6 is 0 Å². The highest BCUT2D eigenvalue weighted by Crippen LogP contribution is 2.21. The molecule has 32 heavy (non-hydrogen) atoms. The van der Waals surface area contributed by atoms with E-state index in [0.717, 1.165) is 42.6 Å². The van der Waals surface area contributed by atoms with E-state index in [1.54, 1.807) is 6.20 Å². The highest BCUT2D eigenvalue weighted by molar-refractivity contribution is 5.33. The summed E-state index contributed by atoms with van der Waals surface area (Å²) in [5.41, 5.74) is 5.90. The van der Waals surface area contributed by atoms with Crippen LogP contribution in [-0.2, 0) is 19.7 Å². The average Bonchev–Trinajstić information content (AvgIpc) is 3.12. The third-order valence-electron chi connectivity index (χ3n) is 5.71. The summed E-state index contributed by atoms with van der Waals surface area (Å²) in [5, 5.41) is 4.74. The van der Waals surface area contributed by atoms with Gasteiger partial charge in [0.15, 0.2) is 5.82 Å². The lowest BCUT2D eigenvalue weighted by Crippen LogP contribution is -2.23. The molecule has 0 saturated heterocycles. The van der Waals surface area contributed by atoms with Gasteiger partial charge in [-0.2, -0.15) is 5.10 Å². The maximum Gasteiger partial charge on any atom is 0.153 e. The Morgan fingerprint density at radius 3 is 2.28 bits per heavy atom. The van der Waals surface area contributed by atoms with E-state index in [1.165, 1.54) is 16.7 Å². The van der Waals surface area contributed by atoms with E-state index in [4.69, 9.17) is 9.84 Å². The lowest BCUT2D eigenvalue weighted by atomic mass is 10.1. The number of nitrogens with zero attached hydrogens (tertiary/aromatic N) is 4. The molecule has 0 N–H and O–H groups in total. The molecule has 4 rings (SSSR count). The van der Waals surface area contributed by atoms with Gasteiger partial charge in [0.05, 0.1) is 5.69 Å². The monoisotopic (exact) mass is 426 g/mol. The van der Waals surface area contributed by atoms with Crippen LogP contribution in [0.5, 0.6) is 5.75 Å². The van der Waals surface area contributed by atoms with Crippen LogP contribution in [0.3, 0.4) is 0 Å². The fourth-order valence-corrected chi connectivity index (χ4v) is 3.80. The van der Waals surface area contributed by atoms with Crippen molar-refractivity contribution in [2.24, 2.45) is 0 Å². The zero-order valence-corrected chi connectivity index (χ0v) is 19.0. The Kier molecular flexibility index (Phi) is 6.97. The van der Waals surface area contributed by atoms with Gasteiger partial charge in [0.2, 0.25) is 0 Å². The van der Waals surface area contributed by atoms with Gasteiger partial charge in [0.1, 0.15) is 12.4 Å². The molecule has 2 aromatic heterocycles. The molecule has 0 radical (unpaired) electrons. The zero-order chi connectivity index (χ0) is 22.3. The molecular formula is C27H30N4O. The van der Waals surface area contributed by atoms with Crippen molar-refractivity contribution in [3.05, 3.63) is 107 Å². The molecule has 0 aliphatic carbocycles. The van der Waals surface area contributed by atoms with Gasteiger partial charge in [-0.1, -0.05) is 55.5 Å². The van der Waals surface area contributed by atoms with Gasteiger partial charge in [0, 0.05) is 30.5 Å². The normalized spacial score (nSPS) is 11.1. The summed E-state index contributed by atoms with van der Waals surface area (Å²) in [5.74, 6) is 1.75. The number of ether oxygens (including phenoxy) is 1. The second kappa shape index (κ2) is 10.2. The Hall–Kier alpha value is -3.44. The first kappa shape index (κ1) is 21.8. The van der Waals surface area contributed by atoms with E-state index in [1.807, 2.05) is 41.1 Å². The van der Waals surface area contributed by atoms with Crippen LogP contribution in [0.25, 0.3) is 5.82 Å². The third kappa shape index (κ3) is 5.24. The highest BCUT2D eigenvalue weighted by Gasteiger charge is 2.16. The summed E-state index contributed by atoms with van der Waals surface area (Å²) in [4.78, 5) is 6.88. The van der Waals surface area contributed by atoms with E-state index in [-0.39, 0.29) is 0 Å². The molecule has 2 aromatic carbocycles. The zero-order valence-electron chi connectivity index (χ0n) is 19.0. The van der Waals surface area contributed by atoms with Crippen molar-refractivity contribution in [2.45, 2.75) is 40.5 Å². The smallest absolute Gasteiger partial charge is 0.153 e. The van der Waals surface area contributed by atoms with Crippen molar-refractivity contribution < 1.29 is 4.74 Å². The van der Waals surface area contributed by atoms with E-state index in [0.29, 0.717) is 6.61 Å². The van der Waals surface area contributed by atoms with E-state index in [9.17, 15) is 0 Å². The first-order valence-electron chi connectivity index (χ1n) is 11.1. The minimum atomic E-state index is 0.583. The highest BCUT2D eigenvalue weighted by atomic mass is 16.5. The first-order valence-corrected chi connectivity index (χ1v) is 11.1. The largest absolute Gasteiger partial charge is 0.489 e. The molecule has 0 unspecified atom stereocenters. The molecule has 0 aliphatic heterocycles. The lowest BCUT2D eigenvalue weighted by molar-refractivity contribution is 0.270. The maximum absolute atomic E-state index is 5.92. The molecule has 4 aromatic rings. The summed E-state index contributed by atoms with van der Waals surface area (Å²) in [6, 6.07) is 24.6. The number of aryl methyl sites for hydroxylation is 1. The molecule has 164 valence electrons. The van der Waals surface area contributed by atoms with Crippen molar-refractivity contribution in [1.29, 1.82) is 0 Å². The molecule has 0 fully saturated rings. The average molecular weight is 427 g/mol. The number of pyridine rings is 1. The quantitative estimate of drug-likeness (QED) is 0.355. The van der Waals surface area contributed by atoms with Crippen LogP contribution in [0.2, 0.25) is 0 Å². The van der Waals surface area contributed by atoms with Gasteiger partial charge in [-0.05, 0) is 55.8 Å². The number of benzene rings is 2. The minimum Gasteiger partial charge on any atom is -0.489 e. The molecule has 0 atom stereocenters. The topological polar surface area (TPSA) is 43.2 Å². The number of aromatic nitrogens is 3. The fourth-order valence-electron chi connectivity index (χ4n) is 3.80. The second-order valence-corrected chi connectivity index (χ2v) is 7.97. The third-order valence-corrected chi connectivity index (χ3v) is 5.71. The summed E-state index contributed by atoms with van der Waals surface area (Å²) >= 11 is 0. The van der Waals surface area contributed by atoms with Crippen LogP contribution in [0.4, 0.5) is 0 Å². The lowest BCUT2D eigenvalue weighted by Gasteiger charge is -2.21. The number of hydrogen-bond acceptors (Lipinski definition) is 4. The number of hydrogen-bond donors (Lipinski definition) is 0. The Morgan fingerprint density at radius 2 is 1.59 bits per heavy atom. The molecule has 5 nitrogen and oxygen atoms in total. The molecule has 0 aliphatic rings. The van der Waals surface area contributed by atoms with E-state index in [2.05, 4.69) is 67.1 Å². The maximum atomic E-state index is 5.92. The standard InChI is InChI=1S/C27H30N4O/c1-4-30(19-26-21(2)29-31(22(26)3)27-12-8-9-17-28-27)18-23-13-15-25(16-14-23)32-20-24-10-6-5-7-11-24/h5-17H,4,18-20H2,1-3H3. The first-order chi connectivity index (χ1) is 15.6. The van der Waals surface area contributed by atoms with Crippen molar-refractivity contribution in [3.63, 3.8) is 0 Å². The minimum absolute atomic E-state index is 0.583. The predicted molar refractivity (Wildman–Crippen MR) is 128 cm³/mol. The Labute approximate surface area is 190 Å².